The number of aromatic nitrogens is 2. The Morgan fingerprint density at radius 1 is 1.29 bits per heavy atom. The first-order valence-corrected chi connectivity index (χ1v) is 7.62. The van der Waals surface area contributed by atoms with Crippen LogP contribution in [0.5, 0.6) is 5.88 Å². The maximum Gasteiger partial charge on any atom is 0.515 e. The molecule has 0 spiro atoms. The number of halogens is 1. The fourth-order valence-corrected chi connectivity index (χ4v) is 2.53. The van der Waals surface area contributed by atoms with Gasteiger partial charge in [0.2, 0.25) is 5.88 Å². The van der Waals surface area contributed by atoms with Crippen molar-refractivity contribution in [2.75, 3.05) is 6.61 Å². The van der Waals surface area contributed by atoms with E-state index in [1.807, 2.05) is 19.1 Å². The van der Waals surface area contributed by atoms with E-state index in [1.54, 1.807) is 29.8 Å². The summed E-state index contributed by atoms with van der Waals surface area (Å²) in [5, 5.41) is 0.642. The highest BCUT2D eigenvalue weighted by Crippen LogP contribution is 2.28. The predicted octanol–water partition coefficient (Wildman–Crippen LogP) is 4.07. The van der Waals surface area contributed by atoms with E-state index in [4.69, 9.17) is 9.47 Å². The lowest BCUT2D eigenvalue weighted by Gasteiger charge is -2.11. The molecule has 0 aliphatic rings. The fourth-order valence-electron chi connectivity index (χ4n) is 2.53. The molecule has 0 N–H and O–H groups in total. The number of fused-ring (bicyclic) bond motifs is 1. The standard InChI is InChI=1S/C18H17FN2O3/c1-3-23-18(22)24-17-10-13-9-14(19)6-7-16(13)21(17)11-15-12(2)5-4-8-20-15/h4-10H,3,11H2,1-2H3. The van der Waals surface area contributed by atoms with Crippen molar-refractivity contribution in [2.24, 2.45) is 0 Å². The van der Waals surface area contributed by atoms with Crippen LogP contribution < -0.4 is 4.74 Å². The Balaban J connectivity index is 2.05. The maximum atomic E-state index is 13.5. The molecule has 2 aromatic heterocycles. The van der Waals surface area contributed by atoms with Crippen molar-refractivity contribution in [3.63, 3.8) is 0 Å². The largest absolute Gasteiger partial charge is 0.515 e. The molecule has 0 unspecified atom stereocenters. The molecular weight excluding hydrogens is 311 g/mol. The van der Waals surface area contributed by atoms with Gasteiger partial charge in [0.15, 0.2) is 0 Å². The van der Waals surface area contributed by atoms with Gasteiger partial charge in [-0.05, 0) is 43.7 Å². The molecule has 0 saturated heterocycles. The normalized spacial score (nSPS) is 10.8. The summed E-state index contributed by atoms with van der Waals surface area (Å²) >= 11 is 0. The predicted molar refractivity (Wildman–Crippen MR) is 87.6 cm³/mol. The lowest BCUT2D eigenvalue weighted by atomic mass is 10.2. The molecule has 0 atom stereocenters. The van der Waals surface area contributed by atoms with Crippen molar-refractivity contribution >= 4 is 17.1 Å². The molecular formula is C18H17FN2O3. The van der Waals surface area contributed by atoms with Crippen molar-refractivity contribution in [1.29, 1.82) is 0 Å². The van der Waals surface area contributed by atoms with Crippen LogP contribution in [-0.2, 0) is 11.3 Å². The number of carbonyl (C=O) groups excluding carboxylic acids is 1. The second-order valence-electron chi connectivity index (χ2n) is 5.32. The van der Waals surface area contributed by atoms with Gasteiger partial charge in [0.05, 0.1) is 24.4 Å². The van der Waals surface area contributed by atoms with E-state index in [-0.39, 0.29) is 12.4 Å². The molecule has 0 radical (unpaired) electrons. The van der Waals surface area contributed by atoms with Gasteiger partial charge in [0.1, 0.15) is 5.82 Å². The summed E-state index contributed by atoms with van der Waals surface area (Å²) in [6.45, 7) is 4.27. The van der Waals surface area contributed by atoms with Crippen molar-refractivity contribution < 1.29 is 18.7 Å². The van der Waals surface area contributed by atoms with Gasteiger partial charge in [-0.3, -0.25) is 4.98 Å². The van der Waals surface area contributed by atoms with Gasteiger partial charge in [-0.2, -0.15) is 0 Å². The highest BCUT2D eigenvalue weighted by atomic mass is 19.1. The molecule has 0 aliphatic heterocycles. The number of hydrogen-bond acceptors (Lipinski definition) is 4. The van der Waals surface area contributed by atoms with E-state index in [0.717, 1.165) is 16.8 Å². The van der Waals surface area contributed by atoms with Crippen LogP contribution in [0.25, 0.3) is 10.9 Å². The second kappa shape index (κ2) is 6.70. The highest BCUT2D eigenvalue weighted by Gasteiger charge is 2.16. The van der Waals surface area contributed by atoms with Crippen LogP contribution in [0.2, 0.25) is 0 Å². The van der Waals surface area contributed by atoms with E-state index in [2.05, 4.69) is 4.98 Å². The molecule has 0 bridgehead atoms. The Bertz CT molecular complexity index is 889. The van der Waals surface area contributed by atoms with Crippen LogP contribution in [0.15, 0.2) is 42.6 Å². The molecule has 3 aromatic rings. The Labute approximate surface area is 138 Å². The molecule has 0 amide bonds. The average Bonchev–Trinajstić information content (AvgIpc) is 2.86. The first-order chi connectivity index (χ1) is 11.6. The summed E-state index contributed by atoms with van der Waals surface area (Å²) in [6, 6.07) is 9.86. The van der Waals surface area contributed by atoms with E-state index in [9.17, 15) is 9.18 Å². The minimum atomic E-state index is -0.792. The van der Waals surface area contributed by atoms with Gasteiger partial charge in [-0.1, -0.05) is 6.07 Å². The van der Waals surface area contributed by atoms with E-state index in [0.29, 0.717) is 17.8 Å². The van der Waals surface area contributed by atoms with Crippen LogP contribution in [0, 0.1) is 12.7 Å². The SMILES string of the molecule is CCOC(=O)Oc1cc2cc(F)ccc2n1Cc1ncccc1C. The Kier molecular flexibility index (Phi) is 4.46. The second-order valence-corrected chi connectivity index (χ2v) is 5.32. The van der Waals surface area contributed by atoms with Gasteiger partial charge >= 0.3 is 6.16 Å². The maximum absolute atomic E-state index is 13.5. The third-order valence-corrected chi connectivity index (χ3v) is 3.70. The number of aryl methyl sites for hydroxylation is 1. The Morgan fingerprint density at radius 3 is 2.88 bits per heavy atom. The van der Waals surface area contributed by atoms with Crippen molar-refractivity contribution in [1.82, 2.24) is 9.55 Å². The van der Waals surface area contributed by atoms with Crippen LogP contribution >= 0.6 is 0 Å². The van der Waals surface area contributed by atoms with Gasteiger partial charge in [-0.15, -0.1) is 0 Å². The fraction of sp³-hybridized carbons (Fsp3) is 0.222. The number of nitrogens with zero attached hydrogens (tertiary/aromatic N) is 2. The summed E-state index contributed by atoms with van der Waals surface area (Å²) in [6.07, 6.45) is 0.916. The molecule has 2 heterocycles. The molecule has 124 valence electrons. The van der Waals surface area contributed by atoms with Crippen molar-refractivity contribution in [2.45, 2.75) is 20.4 Å². The summed E-state index contributed by atoms with van der Waals surface area (Å²) in [7, 11) is 0. The smallest absolute Gasteiger partial charge is 0.434 e. The minimum Gasteiger partial charge on any atom is -0.434 e. The zero-order chi connectivity index (χ0) is 17.1. The minimum absolute atomic E-state index is 0.215. The van der Waals surface area contributed by atoms with Crippen molar-refractivity contribution in [3.05, 3.63) is 59.7 Å². The molecule has 24 heavy (non-hydrogen) atoms. The van der Waals surface area contributed by atoms with Gasteiger partial charge in [0, 0.05) is 17.6 Å². The Morgan fingerprint density at radius 2 is 2.12 bits per heavy atom. The quantitative estimate of drug-likeness (QED) is 0.678. The summed E-state index contributed by atoms with van der Waals surface area (Å²) in [5.41, 5.74) is 2.61. The van der Waals surface area contributed by atoms with Gasteiger partial charge in [-0.25, -0.2) is 9.18 Å². The molecule has 0 saturated carbocycles. The molecule has 3 rings (SSSR count). The number of hydrogen-bond donors (Lipinski definition) is 0. The zero-order valence-electron chi connectivity index (χ0n) is 13.5. The van der Waals surface area contributed by atoms with Crippen LogP contribution in [0.4, 0.5) is 9.18 Å². The third kappa shape index (κ3) is 3.22. The molecule has 5 nitrogen and oxygen atoms in total. The summed E-state index contributed by atoms with van der Waals surface area (Å²) in [5.74, 6) is -0.0598. The average molecular weight is 328 g/mol. The number of rotatable bonds is 4. The summed E-state index contributed by atoms with van der Waals surface area (Å²) in [4.78, 5) is 16.0. The van der Waals surface area contributed by atoms with Crippen LogP contribution in [-0.4, -0.2) is 22.3 Å². The van der Waals surface area contributed by atoms with Crippen LogP contribution in [0.1, 0.15) is 18.2 Å². The monoisotopic (exact) mass is 328 g/mol. The molecule has 1 aromatic carbocycles. The Hall–Kier alpha value is -2.89. The number of carbonyl (C=O) groups is 1. The van der Waals surface area contributed by atoms with E-state index >= 15 is 0 Å². The number of benzene rings is 1. The molecule has 6 heteroatoms. The van der Waals surface area contributed by atoms with Crippen molar-refractivity contribution in [3.8, 4) is 5.88 Å². The zero-order valence-corrected chi connectivity index (χ0v) is 13.5. The third-order valence-electron chi connectivity index (χ3n) is 3.70. The lowest BCUT2D eigenvalue weighted by molar-refractivity contribution is 0.101. The number of ether oxygens (including phenoxy) is 2. The van der Waals surface area contributed by atoms with Gasteiger partial charge < -0.3 is 14.0 Å². The van der Waals surface area contributed by atoms with Gasteiger partial charge in [0.25, 0.3) is 0 Å². The first kappa shape index (κ1) is 16.0. The molecule has 0 fully saturated rings. The molecule has 0 aliphatic carbocycles. The topological polar surface area (TPSA) is 53.4 Å². The van der Waals surface area contributed by atoms with Crippen LogP contribution in [0.3, 0.4) is 0 Å². The highest BCUT2D eigenvalue weighted by molar-refractivity contribution is 5.83. The van der Waals surface area contributed by atoms with E-state index < -0.39 is 6.16 Å². The summed E-state index contributed by atoms with van der Waals surface area (Å²) < 4.78 is 25.4. The lowest BCUT2D eigenvalue weighted by Crippen LogP contribution is -2.14. The van der Waals surface area contributed by atoms with E-state index in [1.165, 1.54) is 12.1 Å². The first-order valence-electron chi connectivity index (χ1n) is 7.62. The number of pyridine rings is 1.